The van der Waals surface area contributed by atoms with Crippen molar-refractivity contribution in [3.8, 4) is 6.07 Å². The Kier molecular flexibility index (Phi) is 14.2. The fraction of sp³-hybridized carbons (Fsp3) is 0.806. The van der Waals surface area contributed by atoms with Crippen LogP contribution in [-0.2, 0) is 6.42 Å². The van der Waals surface area contributed by atoms with E-state index < -0.39 is 0 Å². The summed E-state index contributed by atoms with van der Waals surface area (Å²) in [5, 5.41) is 10.2. The predicted molar refractivity (Wildman–Crippen MR) is 161 cm³/mol. The fourth-order valence-corrected chi connectivity index (χ4v) is 7.31. The van der Waals surface area contributed by atoms with E-state index in [2.05, 4.69) is 44.2 Å². The molecule has 0 radical (unpaired) electrons. The third-order valence-electron chi connectivity index (χ3n) is 10.2. The molecular formula is C36H59N. The van der Waals surface area contributed by atoms with Gasteiger partial charge in [0, 0.05) is 0 Å². The number of aryl methyl sites for hydroxylation is 1. The Hall–Kier alpha value is -1.29. The Morgan fingerprint density at radius 2 is 1.22 bits per heavy atom. The van der Waals surface area contributed by atoms with Crippen LogP contribution in [0.5, 0.6) is 0 Å². The Morgan fingerprint density at radius 1 is 0.676 bits per heavy atom. The SMILES string of the molecule is CCCCCCCC[C@H]1CC[C@H](CC[C@]2(C#N)CC[C@H](c3ccc(CCCCCCC)cc3)CC2)CC1. The van der Waals surface area contributed by atoms with Gasteiger partial charge in [-0.25, -0.2) is 0 Å². The predicted octanol–water partition coefficient (Wildman–Crippen LogP) is 11.7. The van der Waals surface area contributed by atoms with Gasteiger partial charge >= 0.3 is 0 Å². The van der Waals surface area contributed by atoms with Crippen LogP contribution in [0.25, 0.3) is 0 Å². The summed E-state index contributed by atoms with van der Waals surface area (Å²) in [5.41, 5.74) is 2.98. The molecule has 1 aromatic rings. The zero-order valence-electron chi connectivity index (χ0n) is 24.8. The lowest BCUT2D eigenvalue weighted by molar-refractivity contribution is 0.185. The van der Waals surface area contributed by atoms with Crippen molar-refractivity contribution in [1.82, 2.24) is 0 Å². The number of rotatable bonds is 17. The second-order valence-corrected chi connectivity index (χ2v) is 13.1. The molecular weight excluding hydrogens is 446 g/mol. The zero-order valence-corrected chi connectivity index (χ0v) is 24.8. The second-order valence-electron chi connectivity index (χ2n) is 13.1. The zero-order chi connectivity index (χ0) is 26.2. The molecule has 2 saturated carbocycles. The number of nitrogens with zero attached hydrogens (tertiary/aromatic N) is 1. The molecule has 3 rings (SSSR count). The van der Waals surface area contributed by atoms with Gasteiger partial charge in [0.2, 0.25) is 0 Å². The third-order valence-corrected chi connectivity index (χ3v) is 10.2. The van der Waals surface area contributed by atoms with Gasteiger partial charge in [0.25, 0.3) is 0 Å². The summed E-state index contributed by atoms with van der Waals surface area (Å²) >= 11 is 0. The van der Waals surface area contributed by atoms with Crippen molar-refractivity contribution in [3.63, 3.8) is 0 Å². The van der Waals surface area contributed by atoms with Gasteiger partial charge in [0.1, 0.15) is 0 Å². The quantitative estimate of drug-likeness (QED) is 0.193. The first-order valence-electron chi connectivity index (χ1n) is 16.7. The van der Waals surface area contributed by atoms with Crippen molar-refractivity contribution in [2.24, 2.45) is 17.3 Å². The topological polar surface area (TPSA) is 23.8 Å². The van der Waals surface area contributed by atoms with Crippen molar-refractivity contribution in [3.05, 3.63) is 35.4 Å². The molecule has 0 spiro atoms. The Bertz CT molecular complexity index is 740. The molecule has 2 aliphatic carbocycles. The van der Waals surface area contributed by atoms with Gasteiger partial charge in [-0.15, -0.1) is 0 Å². The molecule has 1 heteroatoms. The highest BCUT2D eigenvalue weighted by Crippen LogP contribution is 2.47. The lowest BCUT2D eigenvalue weighted by atomic mass is 9.66. The van der Waals surface area contributed by atoms with E-state index in [9.17, 15) is 5.26 Å². The second kappa shape index (κ2) is 17.3. The molecule has 0 saturated heterocycles. The number of benzene rings is 1. The summed E-state index contributed by atoms with van der Waals surface area (Å²) in [6.45, 7) is 4.59. The summed E-state index contributed by atoms with van der Waals surface area (Å²) in [7, 11) is 0. The number of hydrogen-bond donors (Lipinski definition) is 0. The van der Waals surface area contributed by atoms with E-state index in [1.807, 2.05) is 0 Å². The lowest BCUT2D eigenvalue weighted by Crippen LogP contribution is -2.27. The summed E-state index contributed by atoms with van der Waals surface area (Å²) in [5.74, 6) is 2.55. The molecule has 37 heavy (non-hydrogen) atoms. The Labute approximate surface area is 231 Å². The number of nitriles is 1. The molecule has 1 aromatic carbocycles. The minimum Gasteiger partial charge on any atom is -0.198 e. The van der Waals surface area contributed by atoms with Crippen LogP contribution in [0.1, 0.15) is 172 Å². The lowest BCUT2D eigenvalue weighted by Gasteiger charge is -2.37. The molecule has 0 heterocycles. The van der Waals surface area contributed by atoms with Crippen LogP contribution in [0.3, 0.4) is 0 Å². The highest BCUT2D eigenvalue weighted by Gasteiger charge is 2.36. The van der Waals surface area contributed by atoms with Gasteiger partial charge in [-0.05, 0) is 80.2 Å². The van der Waals surface area contributed by atoms with Crippen molar-refractivity contribution >= 4 is 0 Å². The van der Waals surface area contributed by atoms with Gasteiger partial charge in [-0.2, -0.15) is 5.26 Å². The molecule has 2 fully saturated rings. The fourth-order valence-electron chi connectivity index (χ4n) is 7.31. The Morgan fingerprint density at radius 3 is 1.81 bits per heavy atom. The molecule has 0 aromatic heterocycles. The van der Waals surface area contributed by atoms with Gasteiger partial charge < -0.3 is 0 Å². The maximum atomic E-state index is 10.2. The van der Waals surface area contributed by atoms with E-state index in [0.29, 0.717) is 5.92 Å². The van der Waals surface area contributed by atoms with Crippen LogP contribution in [0.15, 0.2) is 24.3 Å². The molecule has 0 unspecified atom stereocenters. The van der Waals surface area contributed by atoms with Crippen molar-refractivity contribution in [2.75, 3.05) is 0 Å². The first-order valence-corrected chi connectivity index (χ1v) is 16.7. The van der Waals surface area contributed by atoms with E-state index in [-0.39, 0.29) is 5.41 Å². The first kappa shape index (κ1) is 30.3. The van der Waals surface area contributed by atoms with Gasteiger partial charge in [-0.1, -0.05) is 134 Å². The van der Waals surface area contributed by atoms with Gasteiger partial charge in [-0.3, -0.25) is 0 Å². The maximum absolute atomic E-state index is 10.2. The van der Waals surface area contributed by atoms with Crippen LogP contribution in [0.4, 0.5) is 0 Å². The average Bonchev–Trinajstić information content (AvgIpc) is 2.95. The van der Waals surface area contributed by atoms with E-state index in [1.165, 1.54) is 140 Å². The van der Waals surface area contributed by atoms with Crippen LogP contribution < -0.4 is 0 Å². The first-order chi connectivity index (χ1) is 18.2. The minimum absolute atomic E-state index is 0.0374. The molecule has 208 valence electrons. The van der Waals surface area contributed by atoms with E-state index in [4.69, 9.17) is 0 Å². The normalized spacial score (nSPS) is 26.1. The monoisotopic (exact) mass is 505 g/mol. The van der Waals surface area contributed by atoms with Crippen molar-refractivity contribution < 1.29 is 0 Å². The summed E-state index contributed by atoms with van der Waals surface area (Å²) in [4.78, 5) is 0. The summed E-state index contributed by atoms with van der Waals surface area (Å²) in [6.07, 6.45) is 30.9. The van der Waals surface area contributed by atoms with Crippen LogP contribution >= 0.6 is 0 Å². The molecule has 0 amide bonds. The van der Waals surface area contributed by atoms with E-state index >= 15 is 0 Å². The smallest absolute Gasteiger partial charge is 0.0689 e. The van der Waals surface area contributed by atoms with E-state index in [0.717, 1.165) is 31.1 Å². The largest absolute Gasteiger partial charge is 0.198 e. The maximum Gasteiger partial charge on any atom is 0.0689 e. The van der Waals surface area contributed by atoms with E-state index in [1.54, 1.807) is 0 Å². The number of hydrogen-bond acceptors (Lipinski definition) is 1. The molecule has 0 N–H and O–H groups in total. The number of unbranched alkanes of at least 4 members (excludes halogenated alkanes) is 9. The van der Waals surface area contributed by atoms with Crippen LogP contribution in [0.2, 0.25) is 0 Å². The van der Waals surface area contributed by atoms with Gasteiger partial charge in [0.15, 0.2) is 0 Å². The summed E-state index contributed by atoms with van der Waals surface area (Å²) < 4.78 is 0. The Balaban J connectivity index is 1.32. The molecule has 0 aliphatic heterocycles. The van der Waals surface area contributed by atoms with Crippen LogP contribution in [-0.4, -0.2) is 0 Å². The van der Waals surface area contributed by atoms with Crippen molar-refractivity contribution in [2.45, 2.75) is 167 Å². The van der Waals surface area contributed by atoms with Gasteiger partial charge in [0.05, 0.1) is 11.5 Å². The minimum atomic E-state index is -0.0374. The molecule has 1 nitrogen and oxygen atoms in total. The highest BCUT2D eigenvalue weighted by atomic mass is 14.4. The summed E-state index contributed by atoms with van der Waals surface area (Å²) in [6, 6.07) is 12.4. The van der Waals surface area contributed by atoms with Crippen LogP contribution in [0, 0.1) is 28.6 Å². The molecule has 0 atom stereocenters. The van der Waals surface area contributed by atoms with Crippen molar-refractivity contribution in [1.29, 1.82) is 5.26 Å². The molecule has 2 aliphatic rings. The standard InChI is InChI=1S/C36H59N/c1-3-5-7-9-11-13-14-31-16-18-33(19-17-31)24-27-36(30-37)28-25-35(26-29-36)34-22-20-32(21-23-34)15-12-10-8-6-4-2/h20-23,31,33,35H,3-19,24-29H2,1-2H3/t31-,33-,35-,36-. The molecule has 0 bridgehead atoms. The average molecular weight is 506 g/mol. The third kappa shape index (κ3) is 10.8. The highest BCUT2D eigenvalue weighted by molar-refractivity contribution is 5.26.